The molecule has 0 aromatic heterocycles. The first-order valence-corrected chi connectivity index (χ1v) is 9.51. The fourth-order valence-electron chi connectivity index (χ4n) is 4.11. The van der Waals surface area contributed by atoms with Gasteiger partial charge in [0, 0.05) is 31.6 Å². The molecule has 0 aliphatic carbocycles. The minimum atomic E-state index is -0.453. The van der Waals surface area contributed by atoms with Crippen LogP contribution in [0.5, 0.6) is 0 Å². The van der Waals surface area contributed by atoms with Gasteiger partial charge in [-0.05, 0) is 58.9 Å². The number of methoxy groups -OCH3 is 1. The number of carbonyl (C=O) groups is 2. The molecule has 2 unspecified atom stereocenters. The smallest absolute Gasteiger partial charge is 0.410 e. The van der Waals surface area contributed by atoms with E-state index < -0.39 is 5.60 Å². The maximum absolute atomic E-state index is 12.3. The number of hydrogen-bond donors (Lipinski definition) is 0. The van der Waals surface area contributed by atoms with E-state index in [1.165, 1.54) is 13.5 Å². The second kappa shape index (κ2) is 8.39. The number of piperidine rings is 1. The minimum absolute atomic E-state index is 0.125. The van der Waals surface area contributed by atoms with Gasteiger partial charge < -0.3 is 14.4 Å². The molecule has 3 atom stereocenters. The van der Waals surface area contributed by atoms with Gasteiger partial charge >= 0.3 is 12.1 Å². The van der Waals surface area contributed by atoms with E-state index in [1.54, 1.807) is 0 Å². The Balaban J connectivity index is 1.89. The molecular weight excluding hydrogens is 320 g/mol. The van der Waals surface area contributed by atoms with Gasteiger partial charge in [-0.2, -0.15) is 0 Å². The van der Waals surface area contributed by atoms with Crippen LogP contribution < -0.4 is 0 Å². The first kappa shape index (κ1) is 20.0. The second-order valence-electron chi connectivity index (χ2n) is 8.41. The van der Waals surface area contributed by atoms with Crippen LogP contribution in [-0.4, -0.2) is 66.3 Å². The molecule has 2 aliphatic heterocycles. The van der Waals surface area contributed by atoms with Gasteiger partial charge in [-0.15, -0.1) is 0 Å². The maximum Gasteiger partial charge on any atom is 0.410 e. The summed E-state index contributed by atoms with van der Waals surface area (Å²) in [5.41, 5.74) is -0.453. The summed E-state index contributed by atoms with van der Waals surface area (Å²) in [6, 6.07) is 0.934. The molecule has 1 amide bonds. The van der Waals surface area contributed by atoms with Gasteiger partial charge in [-0.25, -0.2) is 4.79 Å². The van der Waals surface area contributed by atoms with Crippen molar-refractivity contribution in [1.82, 2.24) is 9.80 Å². The number of amides is 1. The molecule has 6 heteroatoms. The molecule has 0 aromatic rings. The Morgan fingerprint density at radius 1 is 1.16 bits per heavy atom. The summed E-state index contributed by atoms with van der Waals surface area (Å²) < 4.78 is 10.3. The van der Waals surface area contributed by atoms with E-state index in [4.69, 9.17) is 9.47 Å². The van der Waals surface area contributed by atoms with Gasteiger partial charge in [0.2, 0.25) is 0 Å². The van der Waals surface area contributed by atoms with Crippen molar-refractivity contribution in [2.75, 3.05) is 26.7 Å². The highest BCUT2D eigenvalue weighted by atomic mass is 16.6. The zero-order valence-electron chi connectivity index (χ0n) is 16.4. The fraction of sp³-hybridized carbons (Fsp3) is 0.895. The van der Waals surface area contributed by atoms with Crippen molar-refractivity contribution in [3.63, 3.8) is 0 Å². The van der Waals surface area contributed by atoms with Gasteiger partial charge in [0.1, 0.15) is 5.60 Å². The van der Waals surface area contributed by atoms with E-state index in [2.05, 4.69) is 11.8 Å². The van der Waals surface area contributed by atoms with Crippen LogP contribution in [0.25, 0.3) is 0 Å². The molecule has 0 saturated carbocycles. The Labute approximate surface area is 151 Å². The predicted molar refractivity (Wildman–Crippen MR) is 96.4 cm³/mol. The first-order valence-electron chi connectivity index (χ1n) is 9.51. The maximum atomic E-state index is 12.3. The van der Waals surface area contributed by atoms with Crippen LogP contribution in [0.2, 0.25) is 0 Å². The lowest BCUT2D eigenvalue weighted by Gasteiger charge is -2.43. The van der Waals surface area contributed by atoms with Crippen LogP contribution in [0.1, 0.15) is 59.8 Å². The van der Waals surface area contributed by atoms with Crippen molar-refractivity contribution in [3.05, 3.63) is 0 Å². The number of nitrogens with zero attached hydrogens (tertiary/aromatic N) is 2. The van der Waals surface area contributed by atoms with E-state index in [9.17, 15) is 9.59 Å². The van der Waals surface area contributed by atoms with Crippen LogP contribution in [0, 0.1) is 5.92 Å². The summed E-state index contributed by atoms with van der Waals surface area (Å²) in [5, 5.41) is 0. The summed E-state index contributed by atoms with van der Waals surface area (Å²) in [5.74, 6) is 0.277. The largest absolute Gasteiger partial charge is 0.469 e. The van der Waals surface area contributed by atoms with Crippen molar-refractivity contribution in [2.45, 2.75) is 77.5 Å². The molecule has 0 bridgehead atoms. The molecule has 0 N–H and O–H groups in total. The third kappa shape index (κ3) is 5.59. The van der Waals surface area contributed by atoms with Gasteiger partial charge in [-0.3, -0.25) is 9.69 Å². The number of likely N-dealkylation sites (tertiary alicyclic amines) is 2. The van der Waals surface area contributed by atoms with Crippen molar-refractivity contribution in [2.24, 2.45) is 5.92 Å². The molecule has 144 valence electrons. The molecule has 25 heavy (non-hydrogen) atoms. The van der Waals surface area contributed by atoms with Crippen LogP contribution in [0.15, 0.2) is 0 Å². The Bertz CT molecular complexity index is 475. The quantitative estimate of drug-likeness (QED) is 0.726. The molecular formula is C19H34N2O4. The number of esters is 1. The van der Waals surface area contributed by atoms with E-state index >= 15 is 0 Å². The van der Waals surface area contributed by atoms with Crippen molar-refractivity contribution < 1.29 is 19.1 Å². The molecule has 2 fully saturated rings. The lowest BCUT2D eigenvalue weighted by atomic mass is 9.91. The van der Waals surface area contributed by atoms with Crippen LogP contribution in [-0.2, 0) is 14.3 Å². The average Bonchev–Trinajstić information content (AvgIpc) is 2.99. The summed E-state index contributed by atoms with van der Waals surface area (Å²) in [6.45, 7) is 10.5. The molecule has 0 spiro atoms. The van der Waals surface area contributed by atoms with Crippen LogP contribution in [0.3, 0.4) is 0 Å². The number of ether oxygens (including phenoxy) is 2. The standard InChI is InChI=1S/C19H34N2O4/c1-14-13-20(18(23)25-19(2,3)4)12-10-16(14)21-11-6-7-15(21)8-9-17(22)24-5/h14-16H,6-13H2,1-5H3/t14?,15-,16?/m0/s1. The van der Waals surface area contributed by atoms with Crippen molar-refractivity contribution in [1.29, 1.82) is 0 Å². The van der Waals surface area contributed by atoms with Crippen molar-refractivity contribution in [3.8, 4) is 0 Å². The molecule has 2 rings (SSSR count). The highest BCUT2D eigenvalue weighted by Gasteiger charge is 2.38. The minimum Gasteiger partial charge on any atom is -0.469 e. The topological polar surface area (TPSA) is 59.1 Å². The second-order valence-corrected chi connectivity index (χ2v) is 8.41. The van der Waals surface area contributed by atoms with Gasteiger partial charge in [0.25, 0.3) is 0 Å². The lowest BCUT2D eigenvalue weighted by molar-refractivity contribution is -0.141. The van der Waals surface area contributed by atoms with Crippen LogP contribution >= 0.6 is 0 Å². The third-order valence-electron chi connectivity index (χ3n) is 5.27. The van der Waals surface area contributed by atoms with Gasteiger partial charge in [0.05, 0.1) is 7.11 Å². The van der Waals surface area contributed by atoms with E-state index in [0.717, 1.165) is 38.9 Å². The highest BCUT2D eigenvalue weighted by molar-refractivity contribution is 5.69. The number of hydrogen-bond acceptors (Lipinski definition) is 5. The molecule has 2 aliphatic rings. The summed E-state index contributed by atoms with van der Waals surface area (Å²) in [6.07, 6.45) is 4.45. The molecule has 0 radical (unpaired) electrons. The molecule has 2 heterocycles. The monoisotopic (exact) mass is 354 g/mol. The Morgan fingerprint density at radius 3 is 2.48 bits per heavy atom. The zero-order valence-corrected chi connectivity index (χ0v) is 16.4. The Hall–Kier alpha value is -1.30. The fourth-order valence-corrected chi connectivity index (χ4v) is 4.11. The average molecular weight is 354 g/mol. The van der Waals surface area contributed by atoms with Crippen LogP contribution in [0.4, 0.5) is 4.79 Å². The highest BCUT2D eigenvalue weighted by Crippen LogP contribution is 2.31. The summed E-state index contributed by atoms with van der Waals surface area (Å²) in [4.78, 5) is 28.2. The molecule has 2 saturated heterocycles. The number of rotatable bonds is 4. The Kier molecular flexibility index (Phi) is 6.72. The van der Waals surface area contributed by atoms with Gasteiger partial charge in [-0.1, -0.05) is 6.92 Å². The predicted octanol–water partition coefficient (Wildman–Crippen LogP) is 3.05. The zero-order chi connectivity index (χ0) is 18.6. The number of carbonyl (C=O) groups excluding carboxylic acids is 2. The third-order valence-corrected chi connectivity index (χ3v) is 5.27. The summed E-state index contributed by atoms with van der Waals surface area (Å²) >= 11 is 0. The summed E-state index contributed by atoms with van der Waals surface area (Å²) in [7, 11) is 1.45. The molecule has 6 nitrogen and oxygen atoms in total. The molecule has 0 aromatic carbocycles. The normalized spacial score (nSPS) is 28.0. The first-order chi connectivity index (χ1) is 11.7. The van der Waals surface area contributed by atoms with E-state index in [1.807, 2.05) is 25.7 Å². The Morgan fingerprint density at radius 2 is 1.88 bits per heavy atom. The van der Waals surface area contributed by atoms with E-state index in [-0.39, 0.29) is 12.1 Å². The van der Waals surface area contributed by atoms with E-state index in [0.29, 0.717) is 24.4 Å². The van der Waals surface area contributed by atoms with Crippen molar-refractivity contribution >= 4 is 12.1 Å². The SMILES string of the molecule is COC(=O)CC[C@@H]1CCCN1C1CCN(C(=O)OC(C)(C)C)CC1C. The lowest BCUT2D eigenvalue weighted by Crippen LogP contribution is -2.53. The van der Waals surface area contributed by atoms with Gasteiger partial charge in [0.15, 0.2) is 0 Å².